The summed E-state index contributed by atoms with van der Waals surface area (Å²) in [4.78, 5) is 3.37. The van der Waals surface area contributed by atoms with Crippen LogP contribution in [0.1, 0.15) is 16.6 Å². The minimum atomic E-state index is 0.316. The van der Waals surface area contributed by atoms with Crippen molar-refractivity contribution in [1.82, 2.24) is 9.27 Å². The summed E-state index contributed by atoms with van der Waals surface area (Å²) in [5, 5.41) is 0. The van der Waals surface area contributed by atoms with Gasteiger partial charge in [-0.05, 0) is 38.6 Å². The van der Waals surface area contributed by atoms with Crippen LogP contribution < -0.4 is 5.73 Å². The van der Waals surface area contributed by atoms with Crippen molar-refractivity contribution < 1.29 is 0 Å². The Morgan fingerprint density at radius 3 is 2.67 bits per heavy atom. The zero-order valence-electron chi connectivity index (χ0n) is 7.74. The Balaban J connectivity index is 2.80. The number of nitrogens with zero attached hydrogens (tertiary/aromatic N) is 2. The Morgan fingerprint density at radius 1 is 1.67 bits per heavy atom. The molecule has 1 heterocycles. The maximum Gasteiger partial charge on any atom is 0.0575 e. The molecule has 0 fully saturated rings. The molecule has 2 N–H and O–H groups in total. The molecule has 0 saturated carbocycles. The summed E-state index contributed by atoms with van der Waals surface area (Å²) in [6, 6.07) is 2.42. The van der Waals surface area contributed by atoms with Gasteiger partial charge >= 0.3 is 0 Å². The first-order valence-corrected chi connectivity index (χ1v) is 4.72. The quantitative estimate of drug-likeness (QED) is 0.764. The molecular formula is C8H15N3S. The summed E-state index contributed by atoms with van der Waals surface area (Å²) in [6.07, 6.45) is 0. The van der Waals surface area contributed by atoms with Crippen LogP contribution in [0.5, 0.6) is 0 Å². The minimum absolute atomic E-state index is 0.316. The zero-order valence-corrected chi connectivity index (χ0v) is 8.56. The van der Waals surface area contributed by atoms with E-state index in [4.69, 9.17) is 5.73 Å². The predicted octanol–water partition coefficient (Wildman–Crippen LogP) is 1.01. The lowest BCUT2D eigenvalue weighted by Crippen LogP contribution is -2.26. The third-order valence-electron chi connectivity index (χ3n) is 1.82. The van der Waals surface area contributed by atoms with E-state index in [1.54, 1.807) is 0 Å². The molecule has 0 aliphatic heterocycles. The lowest BCUT2D eigenvalue weighted by atomic mass is 10.2. The zero-order chi connectivity index (χ0) is 9.14. The fraction of sp³-hybridized carbons (Fsp3) is 0.625. The van der Waals surface area contributed by atoms with Crippen LogP contribution in [0.15, 0.2) is 6.07 Å². The van der Waals surface area contributed by atoms with Crippen molar-refractivity contribution in [2.45, 2.75) is 13.0 Å². The van der Waals surface area contributed by atoms with E-state index in [2.05, 4.69) is 15.3 Å². The Hall–Kier alpha value is -0.450. The van der Waals surface area contributed by atoms with Crippen LogP contribution in [-0.4, -0.2) is 29.9 Å². The van der Waals surface area contributed by atoms with E-state index >= 15 is 0 Å². The molecule has 1 rings (SSSR count). The van der Waals surface area contributed by atoms with Crippen molar-refractivity contribution in [3.05, 3.63) is 16.6 Å². The maximum absolute atomic E-state index is 5.65. The summed E-state index contributed by atoms with van der Waals surface area (Å²) in [5.41, 5.74) is 6.73. The standard InChI is InChI=1S/C8H15N3S/c1-6-4-8(12-10-6)7(5-9)11(2)3/h4,7H,5,9H2,1-3H3. The van der Waals surface area contributed by atoms with Gasteiger partial charge in [0.2, 0.25) is 0 Å². The Kier molecular flexibility index (Phi) is 3.20. The van der Waals surface area contributed by atoms with Gasteiger partial charge in [-0.3, -0.25) is 0 Å². The minimum Gasteiger partial charge on any atom is -0.329 e. The van der Waals surface area contributed by atoms with E-state index in [-0.39, 0.29) is 0 Å². The molecule has 1 aromatic rings. The van der Waals surface area contributed by atoms with E-state index < -0.39 is 0 Å². The van der Waals surface area contributed by atoms with Gasteiger partial charge in [0, 0.05) is 11.4 Å². The van der Waals surface area contributed by atoms with Gasteiger partial charge in [-0.15, -0.1) is 0 Å². The first-order valence-electron chi connectivity index (χ1n) is 3.95. The molecule has 0 saturated heterocycles. The van der Waals surface area contributed by atoms with E-state index in [1.807, 2.05) is 21.0 Å². The fourth-order valence-electron chi connectivity index (χ4n) is 1.12. The molecule has 68 valence electrons. The van der Waals surface area contributed by atoms with Gasteiger partial charge in [0.05, 0.1) is 11.7 Å². The summed E-state index contributed by atoms with van der Waals surface area (Å²) in [6.45, 7) is 2.65. The number of hydrogen-bond acceptors (Lipinski definition) is 4. The molecule has 0 spiro atoms. The average molecular weight is 185 g/mol. The van der Waals surface area contributed by atoms with Crippen LogP contribution in [0.2, 0.25) is 0 Å². The Morgan fingerprint density at radius 2 is 2.33 bits per heavy atom. The SMILES string of the molecule is Cc1cc(C(CN)N(C)C)sn1. The predicted molar refractivity (Wildman–Crippen MR) is 52.3 cm³/mol. The molecule has 0 aromatic carbocycles. The Labute approximate surface area is 77.4 Å². The number of rotatable bonds is 3. The van der Waals surface area contributed by atoms with Crippen molar-refractivity contribution in [2.24, 2.45) is 5.73 Å². The second-order valence-electron chi connectivity index (χ2n) is 3.09. The van der Waals surface area contributed by atoms with Crippen molar-refractivity contribution in [2.75, 3.05) is 20.6 Å². The molecule has 0 amide bonds. The summed E-state index contributed by atoms with van der Waals surface area (Å²) in [5.74, 6) is 0. The van der Waals surface area contributed by atoms with E-state index in [0.29, 0.717) is 12.6 Å². The van der Waals surface area contributed by atoms with Crippen LogP contribution in [0.3, 0.4) is 0 Å². The van der Waals surface area contributed by atoms with Crippen LogP contribution in [-0.2, 0) is 0 Å². The molecular weight excluding hydrogens is 170 g/mol. The highest BCUT2D eigenvalue weighted by Gasteiger charge is 2.13. The lowest BCUT2D eigenvalue weighted by Gasteiger charge is -2.20. The van der Waals surface area contributed by atoms with Gasteiger partial charge in [-0.1, -0.05) is 0 Å². The van der Waals surface area contributed by atoms with Crippen molar-refractivity contribution in [3.8, 4) is 0 Å². The highest BCUT2D eigenvalue weighted by Crippen LogP contribution is 2.21. The molecule has 0 aliphatic rings. The molecule has 12 heavy (non-hydrogen) atoms. The van der Waals surface area contributed by atoms with Gasteiger partial charge in [-0.2, -0.15) is 4.37 Å². The normalized spacial score (nSPS) is 13.8. The van der Waals surface area contributed by atoms with E-state index in [1.165, 1.54) is 16.4 Å². The van der Waals surface area contributed by atoms with Crippen molar-refractivity contribution in [1.29, 1.82) is 0 Å². The lowest BCUT2D eigenvalue weighted by molar-refractivity contribution is 0.310. The first kappa shape index (κ1) is 9.64. The van der Waals surface area contributed by atoms with Gasteiger partial charge in [0.1, 0.15) is 0 Å². The topological polar surface area (TPSA) is 42.1 Å². The van der Waals surface area contributed by atoms with Crippen molar-refractivity contribution in [3.63, 3.8) is 0 Å². The highest BCUT2D eigenvalue weighted by atomic mass is 32.1. The largest absolute Gasteiger partial charge is 0.329 e. The maximum atomic E-state index is 5.65. The van der Waals surface area contributed by atoms with Gasteiger partial charge in [-0.25, -0.2) is 0 Å². The molecule has 1 atom stereocenters. The first-order chi connectivity index (χ1) is 5.65. The summed E-state index contributed by atoms with van der Waals surface area (Å²) >= 11 is 1.54. The highest BCUT2D eigenvalue weighted by molar-refractivity contribution is 7.05. The smallest absolute Gasteiger partial charge is 0.0575 e. The molecule has 1 unspecified atom stereocenters. The number of aryl methyl sites for hydroxylation is 1. The Bertz CT molecular complexity index is 244. The van der Waals surface area contributed by atoms with Crippen LogP contribution in [0.4, 0.5) is 0 Å². The van der Waals surface area contributed by atoms with Crippen LogP contribution in [0.25, 0.3) is 0 Å². The van der Waals surface area contributed by atoms with E-state index in [0.717, 1.165) is 5.69 Å². The third kappa shape index (κ3) is 2.03. The molecule has 0 bridgehead atoms. The van der Waals surface area contributed by atoms with Gasteiger partial charge < -0.3 is 10.6 Å². The number of hydrogen-bond donors (Lipinski definition) is 1. The number of likely N-dealkylation sites (N-methyl/N-ethyl adjacent to an activating group) is 1. The molecule has 0 radical (unpaired) electrons. The molecule has 3 nitrogen and oxygen atoms in total. The summed E-state index contributed by atoms with van der Waals surface area (Å²) < 4.78 is 4.23. The summed E-state index contributed by atoms with van der Waals surface area (Å²) in [7, 11) is 4.07. The second-order valence-corrected chi connectivity index (χ2v) is 3.92. The van der Waals surface area contributed by atoms with Crippen LogP contribution >= 0.6 is 11.5 Å². The fourth-order valence-corrected chi connectivity index (χ4v) is 2.08. The van der Waals surface area contributed by atoms with Crippen molar-refractivity contribution >= 4 is 11.5 Å². The van der Waals surface area contributed by atoms with Gasteiger partial charge in [0.15, 0.2) is 0 Å². The third-order valence-corrected chi connectivity index (χ3v) is 2.80. The van der Waals surface area contributed by atoms with Gasteiger partial charge in [0.25, 0.3) is 0 Å². The average Bonchev–Trinajstić information content (AvgIpc) is 2.37. The monoisotopic (exact) mass is 185 g/mol. The number of aromatic nitrogens is 1. The molecule has 0 aliphatic carbocycles. The van der Waals surface area contributed by atoms with Crippen LogP contribution in [0, 0.1) is 6.92 Å². The van der Waals surface area contributed by atoms with E-state index in [9.17, 15) is 0 Å². The molecule has 4 heteroatoms. The number of nitrogens with two attached hydrogens (primary N) is 1. The molecule has 1 aromatic heterocycles. The second kappa shape index (κ2) is 3.98.